The quantitative estimate of drug-likeness (QED) is 0.192. The zero-order valence-electron chi connectivity index (χ0n) is 15.4. The summed E-state index contributed by atoms with van der Waals surface area (Å²) in [6, 6.07) is -1.06. The lowest BCUT2D eigenvalue weighted by Crippen LogP contribution is -2.48. The second-order valence-electron chi connectivity index (χ2n) is 6.42. The predicted molar refractivity (Wildman–Crippen MR) is 93.7 cm³/mol. The van der Waals surface area contributed by atoms with Gasteiger partial charge < -0.3 is 31.3 Å². The molecule has 10 nitrogen and oxygen atoms in total. The average molecular weight is 372 g/mol. The first-order valence-electron chi connectivity index (χ1n) is 8.19. The van der Waals surface area contributed by atoms with E-state index in [0.29, 0.717) is 6.21 Å². The second kappa shape index (κ2) is 12.1. The molecule has 0 aliphatic rings. The van der Waals surface area contributed by atoms with Crippen LogP contribution in [0.25, 0.3) is 0 Å². The number of carbonyl (C=O) groups excluding carboxylic acids is 4. The molecule has 0 aromatic rings. The molecule has 0 rings (SSSR count). The predicted octanol–water partition coefficient (Wildman–Crippen LogP) is -1.10. The molecule has 0 unspecified atom stereocenters. The van der Waals surface area contributed by atoms with Crippen LogP contribution in [0.15, 0.2) is 0 Å². The highest BCUT2D eigenvalue weighted by Crippen LogP contribution is 2.11. The van der Waals surface area contributed by atoms with Crippen LogP contribution >= 0.6 is 0 Å². The Morgan fingerprint density at radius 3 is 2.38 bits per heavy atom. The molecule has 10 heteroatoms. The molecule has 26 heavy (non-hydrogen) atoms. The van der Waals surface area contributed by atoms with Crippen LogP contribution in [0, 0.1) is 5.41 Å². The zero-order valence-corrected chi connectivity index (χ0v) is 15.4. The fourth-order valence-electron chi connectivity index (χ4n) is 1.70. The summed E-state index contributed by atoms with van der Waals surface area (Å²) < 4.78 is 10.1. The molecule has 148 valence electrons. The average Bonchev–Trinajstić information content (AvgIpc) is 2.54. The Balaban J connectivity index is 4.60. The molecule has 0 saturated heterocycles. The van der Waals surface area contributed by atoms with E-state index in [1.807, 2.05) is 0 Å². The summed E-state index contributed by atoms with van der Waals surface area (Å²) in [5.74, 6) is -2.28. The van der Waals surface area contributed by atoms with E-state index in [2.05, 4.69) is 10.6 Å². The third kappa shape index (κ3) is 12.1. The van der Waals surface area contributed by atoms with Gasteiger partial charge in [0.25, 0.3) is 0 Å². The van der Waals surface area contributed by atoms with Crippen molar-refractivity contribution in [2.75, 3.05) is 26.3 Å². The minimum Gasteiger partial charge on any atom is -0.458 e. The van der Waals surface area contributed by atoms with Crippen molar-refractivity contribution in [1.82, 2.24) is 10.6 Å². The molecule has 5 N–H and O–H groups in total. The van der Waals surface area contributed by atoms with Gasteiger partial charge in [-0.15, -0.1) is 0 Å². The van der Waals surface area contributed by atoms with Gasteiger partial charge in [-0.3, -0.25) is 14.4 Å². The van der Waals surface area contributed by atoms with Gasteiger partial charge in [-0.25, -0.2) is 4.79 Å². The number of hydrogen-bond acceptors (Lipinski definition) is 8. The standard InChI is InChI=1S/C16H28N4O6/c1-16(2,3)26-15(24)12(5-4-11(21)8-18)20-13(22)9-19-14(23)10-25-7-6-17/h8,12,18H,4-7,9-10,17H2,1-3H3,(H,19,23)(H,20,22)/t12-/m0/s1. The van der Waals surface area contributed by atoms with Crippen LogP contribution in [0.3, 0.4) is 0 Å². The van der Waals surface area contributed by atoms with Crippen LogP contribution in [0.1, 0.15) is 33.6 Å². The largest absolute Gasteiger partial charge is 0.458 e. The monoisotopic (exact) mass is 372 g/mol. The summed E-state index contributed by atoms with van der Waals surface area (Å²) >= 11 is 0. The van der Waals surface area contributed by atoms with Crippen molar-refractivity contribution in [3.63, 3.8) is 0 Å². The number of amides is 2. The summed E-state index contributed by atoms with van der Waals surface area (Å²) in [4.78, 5) is 46.9. The van der Waals surface area contributed by atoms with Crippen LogP contribution in [-0.4, -0.2) is 67.7 Å². The van der Waals surface area contributed by atoms with Gasteiger partial charge in [0, 0.05) is 13.0 Å². The van der Waals surface area contributed by atoms with Gasteiger partial charge in [0.1, 0.15) is 18.2 Å². The first kappa shape index (κ1) is 23.7. The van der Waals surface area contributed by atoms with Crippen molar-refractivity contribution in [3.8, 4) is 0 Å². The van der Waals surface area contributed by atoms with E-state index in [1.54, 1.807) is 20.8 Å². The van der Waals surface area contributed by atoms with Crippen molar-refractivity contribution in [3.05, 3.63) is 0 Å². The highest BCUT2D eigenvalue weighted by Gasteiger charge is 2.27. The molecule has 0 aliphatic heterocycles. The third-order valence-corrected chi connectivity index (χ3v) is 2.81. The van der Waals surface area contributed by atoms with Crippen molar-refractivity contribution >= 4 is 29.8 Å². The SMILES string of the molecule is CC(C)(C)OC(=O)[C@H](CCC(=O)C=N)NC(=O)CNC(=O)COCCN. The number of nitrogens with one attached hydrogen (secondary N) is 3. The number of carbonyl (C=O) groups is 4. The van der Waals surface area contributed by atoms with Gasteiger partial charge in [0.15, 0.2) is 5.78 Å². The normalized spacial score (nSPS) is 12.0. The third-order valence-electron chi connectivity index (χ3n) is 2.81. The van der Waals surface area contributed by atoms with Gasteiger partial charge in [0.2, 0.25) is 11.8 Å². The minimum absolute atomic E-state index is 0.0115. The lowest BCUT2D eigenvalue weighted by molar-refractivity contribution is -0.158. The Labute approximate surface area is 152 Å². The Bertz CT molecular complexity index is 515. The summed E-state index contributed by atoms with van der Waals surface area (Å²) in [7, 11) is 0. The molecule has 0 bridgehead atoms. The number of hydrogen-bond donors (Lipinski definition) is 4. The summed E-state index contributed by atoms with van der Waals surface area (Å²) in [5.41, 5.74) is 4.46. The summed E-state index contributed by atoms with van der Waals surface area (Å²) in [6.07, 6.45) is 0.547. The summed E-state index contributed by atoms with van der Waals surface area (Å²) in [6.45, 7) is 4.94. The number of ketones is 1. The van der Waals surface area contributed by atoms with Gasteiger partial charge in [-0.1, -0.05) is 0 Å². The maximum atomic E-state index is 12.2. The van der Waals surface area contributed by atoms with Crippen molar-refractivity contribution in [2.45, 2.75) is 45.3 Å². The Morgan fingerprint density at radius 1 is 1.19 bits per heavy atom. The second-order valence-corrected chi connectivity index (χ2v) is 6.42. The van der Waals surface area contributed by atoms with E-state index in [0.717, 1.165) is 0 Å². The molecular weight excluding hydrogens is 344 g/mol. The maximum Gasteiger partial charge on any atom is 0.329 e. The molecular formula is C16H28N4O6. The maximum absolute atomic E-state index is 12.2. The smallest absolute Gasteiger partial charge is 0.329 e. The van der Waals surface area contributed by atoms with Crippen LogP contribution in [0.5, 0.6) is 0 Å². The lowest BCUT2D eigenvalue weighted by Gasteiger charge is -2.24. The van der Waals surface area contributed by atoms with Crippen molar-refractivity contribution in [2.24, 2.45) is 5.73 Å². The minimum atomic E-state index is -1.06. The number of esters is 1. The molecule has 2 amide bonds. The van der Waals surface area contributed by atoms with E-state index in [-0.39, 0.29) is 39.1 Å². The Kier molecular flexibility index (Phi) is 11.0. The molecule has 0 radical (unpaired) electrons. The molecule has 0 heterocycles. The molecule has 0 saturated carbocycles. The zero-order chi connectivity index (χ0) is 20.2. The van der Waals surface area contributed by atoms with E-state index in [4.69, 9.17) is 20.6 Å². The van der Waals surface area contributed by atoms with E-state index in [1.165, 1.54) is 0 Å². The van der Waals surface area contributed by atoms with Gasteiger partial charge in [-0.2, -0.15) is 0 Å². The van der Waals surface area contributed by atoms with Crippen molar-refractivity contribution in [1.29, 1.82) is 5.41 Å². The van der Waals surface area contributed by atoms with Crippen LogP contribution in [-0.2, 0) is 28.7 Å². The highest BCUT2D eigenvalue weighted by atomic mass is 16.6. The molecule has 0 aliphatic carbocycles. The molecule has 1 atom stereocenters. The van der Waals surface area contributed by atoms with Crippen molar-refractivity contribution < 1.29 is 28.7 Å². The summed E-state index contributed by atoms with van der Waals surface area (Å²) in [5, 5.41) is 11.6. The van der Waals surface area contributed by atoms with E-state index >= 15 is 0 Å². The van der Waals surface area contributed by atoms with Gasteiger partial charge >= 0.3 is 5.97 Å². The number of nitrogens with two attached hydrogens (primary N) is 1. The molecule has 0 fully saturated rings. The molecule has 0 aromatic carbocycles. The van der Waals surface area contributed by atoms with Crippen LogP contribution in [0.4, 0.5) is 0 Å². The first-order chi connectivity index (χ1) is 12.1. The highest BCUT2D eigenvalue weighted by molar-refractivity contribution is 6.26. The van der Waals surface area contributed by atoms with Gasteiger partial charge in [0.05, 0.1) is 19.4 Å². The fourth-order valence-corrected chi connectivity index (χ4v) is 1.70. The lowest BCUT2D eigenvalue weighted by atomic mass is 10.1. The Morgan fingerprint density at radius 2 is 1.85 bits per heavy atom. The Hall–Kier alpha value is -2.33. The van der Waals surface area contributed by atoms with Gasteiger partial charge in [-0.05, 0) is 27.2 Å². The topological polar surface area (TPSA) is 161 Å². The van der Waals surface area contributed by atoms with E-state index < -0.39 is 35.2 Å². The molecule has 0 aromatic heterocycles. The fraction of sp³-hybridized carbons (Fsp3) is 0.688. The van der Waals surface area contributed by atoms with Crippen LogP contribution in [0.2, 0.25) is 0 Å². The van der Waals surface area contributed by atoms with Crippen LogP contribution < -0.4 is 16.4 Å². The first-order valence-corrected chi connectivity index (χ1v) is 8.19. The number of Topliss-reactive ketones (excluding diaryl/α,β-unsaturated/α-hetero) is 1. The number of rotatable bonds is 12. The number of ether oxygens (including phenoxy) is 2. The molecule has 0 spiro atoms. The van der Waals surface area contributed by atoms with E-state index in [9.17, 15) is 19.2 Å².